The van der Waals surface area contributed by atoms with E-state index in [2.05, 4.69) is 20.4 Å². The zero-order chi connectivity index (χ0) is 18.9. The Kier molecular flexibility index (Phi) is 4.77. The Bertz CT molecular complexity index is 925. The summed E-state index contributed by atoms with van der Waals surface area (Å²) >= 11 is 0. The van der Waals surface area contributed by atoms with E-state index < -0.39 is 23.6 Å². The molecule has 0 spiro atoms. The van der Waals surface area contributed by atoms with Crippen molar-refractivity contribution in [1.29, 1.82) is 0 Å². The number of hydrogen-bond acceptors (Lipinski definition) is 5. The Labute approximate surface area is 145 Å². The van der Waals surface area contributed by atoms with E-state index in [0.717, 1.165) is 12.1 Å². The van der Waals surface area contributed by atoms with Crippen LogP contribution < -0.4 is 5.32 Å². The maximum Gasteiger partial charge on any atom is 0.419 e. The van der Waals surface area contributed by atoms with Crippen LogP contribution >= 0.6 is 0 Å². The number of fused-ring (bicyclic) bond motifs is 1. The molecule has 1 N–H and O–H groups in total. The van der Waals surface area contributed by atoms with Crippen molar-refractivity contribution in [3.8, 4) is 0 Å². The number of methoxy groups -OCH3 is 1. The molecule has 2 aromatic heterocycles. The normalized spacial score (nSPS) is 13.2. The molecule has 6 nitrogen and oxygen atoms in total. The average Bonchev–Trinajstić information content (AvgIpc) is 3.02. The number of benzene rings is 1. The first-order valence-corrected chi connectivity index (χ1v) is 7.61. The van der Waals surface area contributed by atoms with Gasteiger partial charge in [-0.25, -0.2) is 9.37 Å². The van der Waals surface area contributed by atoms with Crippen molar-refractivity contribution < 1.29 is 22.3 Å². The molecule has 0 amide bonds. The Morgan fingerprint density at radius 1 is 1.27 bits per heavy atom. The fourth-order valence-electron chi connectivity index (χ4n) is 2.52. The van der Waals surface area contributed by atoms with Crippen LogP contribution in [0.1, 0.15) is 29.8 Å². The van der Waals surface area contributed by atoms with Crippen molar-refractivity contribution in [2.45, 2.75) is 25.7 Å². The number of alkyl halides is 3. The first-order valence-electron chi connectivity index (χ1n) is 7.61. The molecule has 0 saturated heterocycles. The summed E-state index contributed by atoms with van der Waals surface area (Å²) in [6.07, 6.45) is -3.40. The predicted octanol–water partition coefficient (Wildman–Crippen LogP) is 3.60. The van der Waals surface area contributed by atoms with E-state index in [1.54, 1.807) is 13.0 Å². The molecule has 1 atom stereocenters. The van der Waals surface area contributed by atoms with E-state index in [0.29, 0.717) is 22.9 Å². The van der Waals surface area contributed by atoms with Crippen molar-refractivity contribution in [1.82, 2.24) is 19.6 Å². The molecule has 0 aliphatic carbocycles. The zero-order valence-corrected chi connectivity index (χ0v) is 13.9. The molecule has 0 aliphatic rings. The summed E-state index contributed by atoms with van der Waals surface area (Å²) in [4.78, 5) is 8.27. The van der Waals surface area contributed by atoms with Gasteiger partial charge in [-0.1, -0.05) is 6.07 Å². The van der Waals surface area contributed by atoms with Crippen molar-refractivity contribution >= 4 is 11.6 Å². The van der Waals surface area contributed by atoms with Crippen LogP contribution in [-0.4, -0.2) is 26.7 Å². The molecule has 26 heavy (non-hydrogen) atoms. The van der Waals surface area contributed by atoms with Crippen LogP contribution in [0.5, 0.6) is 0 Å². The van der Waals surface area contributed by atoms with E-state index in [-0.39, 0.29) is 6.61 Å². The zero-order valence-electron chi connectivity index (χ0n) is 13.9. The highest BCUT2D eigenvalue weighted by atomic mass is 19.4. The lowest BCUT2D eigenvalue weighted by molar-refractivity contribution is -0.140. The third kappa shape index (κ3) is 3.59. The fourth-order valence-corrected chi connectivity index (χ4v) is 2.52. The number of nitrogens with one attached hydrogen (secondary N) is 1. The van der Waals surface area contributed by atoms with Crippen molar-refractivity contribution in [3.05, 3.63) is 53.2 Å². The lowest BCUT2D eigenvalue weighted by atomic mass is 10.1. The minimum Gasteiger partial charge on any atom is -0.378 e. The van der Waals surface area contributed by atoms with Gasteiger partial charge in [-0.3, -0.25) is 0 Å². The SMILES string of the molecule is COCc1cc(NC(C)c2ccc(C(F)(F)F)c(F)c2)n2ncnc2n1. The van der Waals surface area contributed by atoms with Gasteiger partial charge in [0.15, 0.2) is 0 Å². The van der Waals surface area contributed by atoms with Crippen molar-refractivity contribution in [3.63, 3.8) is 0 Å². The molecule has 0 bridgehead atoms. The van der Waals surface area contributed by atoms with Crippen molar-refractivity contribution in [2.24, 2.45) is 0 Å². The summed E-state index contributed by atoms with van der Waals surface area (Å²) in [5.41, 5.74) is -0.339. The maximum atomic E-state index is 13.8. The first kappa shape index (κ1) is 18.1. The van der Waals surface area contributed by atoms with Crippen LogP contribution in [0.2, 0.25) is 0 Å². The Morgan fingerprint density at radius 3 is 2.69 bits per heavy atom. The quantitative estimate of drug-likeness (QED) is 0.696. The third-order valence-corrected chi connectivity index (χ3v) is 3.76. The van der Waals surface area contributed by atoms with Gasteiger partial charge in [-0.15, -0.1) is 0 Å². The van der Waals surface area contributed by atoms with Gasteiger partial charge in [0.1, 0.15) is 18.0 Å². The van der Waals surface area contributed by atoms with Gasteiger partial charge in [0, 0.05) is 13.2 Å². The van der Waals surface area contributed by atoms with Gasteiger partial charge in [-0.05, 0) is 24.6 Å². The van der Waals surface area contributed by atoms with Crippen LogP contribution in [0.15, 0.2) is 30.6 Å². The van der Waals surface area contributed by atoms with E-state index in [1.807, 2.05) is 0 Å². The molecular formula is C16H15F4N5O. The molecule has 2 heterocycles. The maximum absolute atomic E-state index is 13.8. The monoisotopic (exact) mass is 369 g/mol. The second-order valence-corrected chi connectivity index (χ2v) is 5.64. The van der Waals surface area contributed by atoms with Gasteiger partial charge in [0.05, 0.1) is 23.9 Å². The van der Waals surface area contributed by atoms with Gasteiger partial charge in [0.2, 0.25) is 0 Å². The van der Waals surface area contributed by atoms with Crippen LogP contribution in [0.4, 0.5) is 23.4 Å². The Morgan fingerprint density at radius 2 is 2.04 bits per heavy atom. The minimum atomic E-state index is -4.73. The summed E-state index contributed by atoms with van der Waals surface area (Å²) in [5.74, 6) is -0.468. The highest BCUT2D eigenvalue weighted by molar-refractivity contribution is 5.46. The molecule has 3 aromatic rings. The Balaban J connectivity index is 1.90. The number of nitrogens with zero attached hydrogens (tertiary/aromatic N) is 4. The molecule has 0 aliphatic heterocycles. The molecule has 0 radical (unpaired) electrons. The van der Waals surface area contributed by atoms with Crippen LogP contribution in [0.25, 0.3) is 5.78 Å². The second kappa shape index (κ2) is 6.87. The smallest absolute Gasteiger partial charge is 0.378 e. The predicted molar refractivity (Wildman–Crippen MR) is 84.9 cm³/mol. The lowest BCUT2D eigenvalue weighted by Crippen LogP contribution is -2.14. The summed E-state index contributed by atoms with van der Waals surface area (Å²) in [5, 5.41) is 7.14. The summed E-state index contributed by atoms with van der Waals surface area (Å²) in [7, 11) is 1.52. The van der Waals surface area contributed by atoms with E-state index in [9.17, 15) is 17.6 Å². The highest BCUT2D eigenvalue weighted by Gasteiger charge is 2.34. The molecule has 138 valence electrons. The molecule has 3 rings (SSSR count). The average molecular weight is 369 g/mol. The lowest BCUT2D eigenvalue weighted by Gasteiger charge is -2.18. The van der Waals surface area contributed by atoms with Crippen LogP contribution in [0.3, 0.4) is 0 Å². The topological polar surface area (TPSA) is 64.3 Å². The van der Waals surface area contributed by atoms with Gasteiger partial charge in [-0.2, -0.15) is 27.8 Å². The molecule has 0 fully saturated rings. The largest absolute Gasteiger partial charge is 0.419 e. The second-order valence-electron chi connectivity index (χ2n) is 5.64. The standard InChI is InChI=1S/C16H15F4N5O/c1-9(10-3-4-12(13(17)5-10)16(18,19)20)23-14-6-11(7-26-2)24-15-21-8-22-25(14)15/h3-6,8-9,23H,7H2,1-2H3. The number of rotatable bonds is 5. The number of ether oxygens (including phenoxy) is 1. The van der Waals surface area contributed by atoms with Gasteiger partial charge < -0.3 is 10.1 Å². The molecule has 0 saturated carbocycles. The van der Waals surface area contributed by atoms with E-state index in [1.165, 1.54) is 24.0 Å². The highest BCUT2D eigenvalue weighted by Crippen LogP contribution is 2.32. The molecule has 1 aromatic carbocycles. The first-order chi connectivity index (χ1) is 12.3. The van der Waals surface area contributed by atoms with Gasteiger partial charge in [0.25, 0.3) is 5.78 Å². The number of aromatic nitrogens is 4. The summed E-state index contributed by atoms with van der Waals surface area (Å²) in [6, 6.07) is 4.03. The van der Waals surface area contributed by atoms with Crippen LogP contribution in [-0.2, 0) is 17.5 Å². The Hall–Kier alpha value is -2.75. The molecular weight excluding hydrogens is 354 g/mol. The fraction of sp³-hybridized carbons (Fsp3) is 0.312. The third-order valence-electron chi connectivity index (χ3n) is 3.76. The summed E-state index contributed by atoms with van der Waals surface area (Å²) < 4.78 is 58.4. The van der Waals surface area contributed by atoms with Gasteiger partial charge >= 0.3 is 6.18 Å². The number of anilines is 1. The minimum absolute atomic E-state index is 0.251. The number of halogens is 4. The van der Waals surface area contributed by atoms with E-state index in [4.69, 9.17) is 4.74 Å². The van der Waals surface area contributed by atoms with Crippen LogP contribution in [0, 0.1) is 5.82 Å². The molecule has 1 unspecified atom stereocenters. The van der Waals surface area contributed by atoms with E-state index >= 15 is 0 Å². The number of hydrogen-bond donors (Lipinski definition) is 1. The summed E-state index contributed by atoms with van der Waals surface area (Å²) in [6.45, 7) is 1.95. The van der Waals surface area contributed by atoms with Crippen molar-refractivity contribution in [2.75, 3.05) is 12.4 Å². The molecule has 10 heteroatoms.